The second-order valence-electron chi connectivity index (χ2n) is 5.68. The molecule has 0 amide bonds. The van der Waals surface area contributed by atoms with E-state index in [0.717, 1.165) is 5.69 Å². The average Bonchev–Trinajstić information content (AvgIpc) is 2.58. The molecule has 5 nitrogen and oxygen atoms in total. The van der Waals surface area contributed by atoms with Crippen molar-refractivity contribution in [2.45, 2.75) is 20.8 Å². The maximum atomic E-state index is 13.9. The number of anilines is 2. The van der Waals surface area contributed by atoms with Gasteiger partial charge in [-0.25, -0.2) is 19.2 Å². The lowest BCUT2D eigenvalue weighted by atomic mass is 10.1. The molecular formula is C19H19ClFN3O2. The van der Waals surface area contributed by atoms with Gasteiger partial charge in [0.25, 0.3) is 0 Å². The molecule has 0 aliphatic carbocycles. The lowest BCUT2D eigenvalue weighted by Gasteiger charge is -2.14. The molecule has 0 saturated heterocycles. The van der Waals surface area contributed by atoms with Gasteiger partial charge in [0, 0.05) is 23.0 Å². The Morgan fingerprint density at radius 2 is 2.00 bits per heavy atom. The van der Waals surface area contributed by atoms with Gasteiger partial charge < -0.3 is 10.1 Å². The molecule has 0 saturated carbocycles. The Morgan fingerprint density at radius 1 is 1.23 bits per heavy atom. The third kappa shape index (κ3) is 3.91. The van der Waals surface area contributed by atoms with Crippen LogP contribution in [0.4, 0.5) is 15.8 Å². The zero-order valence-electron chi connectivity index (χ0n) is 14.7. The van der Waals surface area contributed by atoms with Crippen LogP contribution in [0.15, 0.2) is 36.5 Å². The second kappa shape index (κ2) is 8.10. The zero-order valence-corrected chi connectivity index (χ0v) is 15.5. The Morgan fingerprint density at radius 3 is 2.69 bits per heavy atom. The van der Waals surface area contributed by atoms with E-state index in [0.29, 0.717) is 28.0 Å². The van der Waals surface area contributed by atoms with Crippen LogP contribution in [-0.2, 0) is 4.74 Å². The van der Waals surface area contributed by atoms with Crippen LogP contribution in [-0.4, -0.2) is 22.5 Å². The van der Waals surface area contributed by atoms with Gasteiger partial charge in [-0.15, -0.1) is 12.4 Å². The SMILES string of the molecule is CCOC(=O)c1cnc2nc(C)ccc2c1Nc1ccc(C)c(F)c1.Cl. The standard InChI is InChI=1S/C19H18FN3O2.ClH/c1-4-25-19(24)15-10-21-18-14(8-6-12(3)22-18)17(15)23-13-7-5-11(2)16(20)9-13;/h5-10H,4H2,1-3H3,(H,21,22,23);1H. The third-order valence-electron chi connectivity index (χ3n) is 3.81. The first kappa shape index (κ1) is 19.6. The normalized spacial score (nSPS) is 10.3. The molecule has 136 valence electrons. The maximum absolute atomic E-state index is 13.9. The summed E-state index contributed by atoms with van der Waals surface area (Å²) in [6.45, 7) is 5.54. The summed E-state index contributed by atoms with van der Waals surface area (Å²) in [6, 6.07) is 8.48. The van der Waals surface area contributed by atoms with Gasteiger partial charge in [0.15, 0.2) is 5.65 Å². The lowest BCUT2D eigenvalue weighted by Crippen LogP contribution is -2.10. The number of carbonyl (C=O) groups excluding carboxylic acids is 1. The molecule has 0 bridgehead atoms. The lowest BCUT2D eigenvalue weighted by molar-refractivity contribution is 0.0527. The molecule has 26 heavy (non-hydrogen) atoms. The Hall–Kier alpha value is -2.73. The van der Waals surface area contributed by atoms with Gasteiger partial charge in [0.05, 0.1) is 12.3 Å². The number of halogens is 2. The van der Waals surface area contributed by atoms with Crippen molar-refractivity contribution in [2.75, 3.05) is 11.9 Å². The highest BCUT2D eigenvalue weighted by molar-refractivity contribution is 6.05. The van der Waals surface area contributed by atoms with Gasteiger partial charge in [-0.2, -0.15) is 0 Å². The van der Waals surface area contributed by atoms with Crippen molar-refractivity contribution in [3.05, 3.63) is 59.2 Å². The molecule has 0 unspecified atom stereocenters. The fraction of sp³-hybridized carbons (Fsp3) is 0.211. The number of fused-ring (bicyclic) bond motifs is 1. The zero-order chi connectivity index (χ0) is 18.0. The summed E-state index contributed by atoms with van der Waals surface area (Å²) < 4.78 is 19.0. The molecular weight excluding hydrogens is 357 g/mol. The Bertz CT molecular complexity index is 963. The fourth-order valence-corrected chi connectivity index (χ4v) is 2.49. The molecule has 0 aliphatic heterocycles. The minimum atomic E-state index is -0.493. The summed E-state index contributed by atoms with van der Waals surface area (Å²) in [5.41, 5.74) is 3.18. The van der Waals surface area contributed by atoms with Crippen LogP contribution in [0, 0.1) is 19.7 Å². The van der Waals surface area contributed by atoms with E-state index in [9.17, 15) is 9.18 Å². The van der Waals surface area contributed by atoms with E-state index in [-0.39, 0.29) is 30.4 Å². The quantitative estimate of drug-likeness (QED) is 0.668. The van der Waals surface area contributed by atoms with Gasteiger partial charge >= 0.3 is 5.97 Å². The number of nitrogens with zero attached hydrogens (tertiary/aromatic N) is 2. The Labute approximate surface area is 157 Å². The highest BCUT2D eigenvalue weighted by atomic mass is 35.5. The van der Waals surface area contributed by atoms with Gasteiger partial charge in [-0.05, 0) is 50.6 Å². The van der Waals surface area contributed by atoms with E-state index < -0.39 is 5.97 Å². The topological polar surface area (TPSA) is 64.1 Å². The van der Waals surface area contributed by atoms with Crippen molar-refractivity contribution >= 4 is 40.8 Å². The van der Waals surface area contributed by atoms with E-state index >= 15 is 0 Å². The first-order valence-corrected chi connectivity index (χ1v) is 7.96. The predicted octanol–water partition coefficient (Wildman–Crippen LogP) is 4.73. The number of carbonyl (C=O) groups is 1. The molecule has 7 heteroatoms. The summed E-state index contributed by atoms with van der Waals surface area (Å²) in [4.78, 5) is 20.9. The molecule has 0 radical (unpaired) electrons. The first-order chi connectivity index (χ1) is 12.0. The number of aryl methyl sites for hydroxylation is 2. The van der Waals surface area contributed by atoms with Gasteiger partial charge in [0.1, 0.15) is 11.4 Å². The molecule has 0 aliphatic rings. The van der Waals surface area contributed by atoms with Crippen molar-refractivity contribution in [3.63, 3.8) is 0 Å². The highest BCUT2D eigenvalue weighted by Gasteiger charge is 2.18. The van der Waals surface area contributed by atoms with Crippen molar-refractivity contribution < 1.29 is 13.9 Å². The van der Waals surface area contributed by atoms with Crippen LogP contribution >= 0.6 is 12.4 Å². The molecule has 3 aromatic rings. The monoisotopic (exact) mass is 375 g/mol. The molecule has 3 rings (SSSR count). The fourth-order valence-electron chi connectivity index (χ4n) is 2.49. The van der Waals surface area contributed by atoms with Crippen LogP contribution in [0.1, 0.15) is 28.5 Å². The van der Waals surface area contributed by atoms with Crippen molar-refractivity contribution in [1.82, 2.24) is 9.97 Å². The number of hydrogen-bond acceptors (Lipinski definition) is 5. The maximum Gasteiger partial charge on any atom is 0.341 e. The average molecular weight is 376 g/mol. The number of rotatable bonds is 4. The Kier molecular flexibility index (Phi) is 6.10. The van der Waals surface area contributed by atoms with Crippen LogP contribution in [0.25, 0.3) is 11.0 Å². The third-order valence-corrected chi connectivity index (χ3v) is 3.81. The summed E-state index contributed by atoms with van der Waals surface area (Å²) in [7, 11) is 0. The smallest absolute Gasteiger partial charge is 0.341 e. The number of hydrogen-bond donors (Lipinski definition) is 1. The van der Waals surface area contributed by atoms with Crippen LogP contribution < -0.4 is 5.32 Å². The van der Waals surface area contributed by atoms with Crippen LogP contribution in [0.5, 0.6) is 0 Å². The van der Waals surface area contributed by atoms with Gasteiger partial charge in [-0.3, -0.25) is 0 Å². The van der Waals surface area contributed by atoms with Crippen LogP contribution in [0.3, 0.4) is 0 Å². The number of nitrogens with one attached hydrogen (secondary N) is 1. The largest absolute Gasteiger partial charge is 0.462 e. The van der Waals surface area contributed by atoms with E-state index in [1.165, 1.54) is 12.3 Å². The molecule has 0 fully saturated rings. The number of pyridine rings is 2. The molecule has 1 aromatic carbocycles. The summed E-state index contributed by atoms with van der Waals surface area (Å²) in [5.74, 6) is -0.817. The number of esters is 1. The van der Waals surface area contributed by atoms with Crippen molar-refractivity contribution in [2.24, 2.45) is 0 Å². The van der Waals surface area contributed by atoms with E-state index in [1.807, 2.05) is 19.1 Å². The van der Waals surface area contributed by atoms with Gasteiger partial charge in [0.2, 0.25) is 0 Å². The number of benzene rings is 1. The van der Waals surface area contributed by atoms with Crippen molar-refractivity contribution in [1.29, 1.82) is 0 Å². The molecule has 1 N–H and O–H groups in total. The summed E-state index contributed by atoms with van der Waals surface area (Å²) >= 11 is 0. The van der Waals surface area contributed by atoms with E-state index in [2.05, 4.69) is 15.3 Å². The summed E-state index contributed by atoms with van der Waals surface area (Å²) in [5, 5.41) is 3.79. The summed E-state index contributed by atoms with van der Waals surface area (Å²) in [6.07, 6.45) is 1.43. The first-order valence-electron chi connectivity index (χ1n) is 7.96. The Balaban J connectivity index is 0.00000243. The predicted molar refractivity (Wildman–Crippen MR) is 102 cm³/mol. The van der Waals surface area contributed by atoms with Crippen molar-refractivity contribution in [3.8, 4) is 0 Å². The second-order valence-corrected chi connectivity index (χ2v) is 5.68. The van der Waals surface area contributed by atoms with Crippen LogP contribution in [0.2, 0.25) is 0 Å². The number of ether oxygens (including phenoxy) is 1. The minimum absolute atomic E-state index is 0. The number of aromatic nitrogens is 2. The molecule has 0 spiro atoms. The molecule has 2 heterocycles. The van der Waals surface area contributed by atoms with E-state index in [1.54, 1.807) is 26.0 Å². The van der Waals surface area contributed by atoms with Gasteiger partial charge in [-0.1, -0.05) is 6.07 Å². The minimum Gasteiger partial charge on any atom is -0.462 e. The highest BCUT2D eigenvalue weighted by Crippen LogP contribution is 2.29. The van der Waals surface area contributed by atoms with E-state index in [4.69, 9.17) is 4.74 Å². The molecule has 0 atom stereocenters. The molecule has 2 aromatic heterocycles.